The summed E-state index contributed by atoms with van der Waals surface area (Å²) in [5.41, 5.74) is 0. The fourth-order valence-electron chi connectivity index (χ4n) is 1.29. The van der Waals surface area contributed by atoms with Crippen LogP contribution in [0.5, 0.6) is 5.75 Å². The van der Waals surface area contributed by atoms with Gasteiger partial charge in [0.15, 0.2) is 0 Å². The molecular weight excluding hydrogens is 236 g/mol. The molecule has 0 saturated heterocycles. The van der Waals surface area contributed by atoms with E-state index in [1.54, 1.807) is 11.3 Å². The predicted molar refractivity (Wildman–Crippen MR) is 65.3 cm³/mol. The summed E-state index contributed by atoms with van der Waals surface area (Å²) in [6.45, 7) is 2.61. The first-order chi connectivity index (χ1) is 6.70. The lowest BCUT2D eigenvalue weighted by atomic mass is 10.2. The van der Waals surface area contributed by atoms with Crippen LogP contribution < -0.4 is 4.74 Å². The molecule has 0 aliphatic heterocycles. The van der Waals surface area contributed by atoms with E-state index in [0.29, 0.717) is 6.61 Å². The molecule has 0 radical (unpaired) electrons. The molecule has 1 heterocycles. The largest absolute Gasteiger partial charge is 0.493 e. The molecule has 0 saturated carbocycles. The van der Waals surface area contributed by atoms with Gasteiger partial charge in [0, 0.05) is 9.60 Å². The highest BCUT2D eigenvalue weighted by Crippen LogP contribution is 2.35. The third-order valence-electron chi connectivity index (χ3n) is 1.87. The van der Waals surface area contributed by atoms with Gasteiger partial charge in [-0.05, 0) is 30.5 Å². The monoisotopic (exact) mass is 244 g/mol. The predicted octanol–water partition coefficient (Wildman–Crippen LogP) is 4.24. The third-order valence-corrected chi connectivity index (χ3v) is 3.44. The van der Waals surface area contributed by atoms with E-state index in [-0.39, 0.29) is 0 Å². The zero-order valence-corrected chi connectivity index (χ0v) is 10.0. The summed E-state index contributed by atoms with van der Waals surface area (Å²) >= 11 is 11.8. The van der Waals surface area contributed by atoms with Gasteiger partial charge >= 0.3 is 0 Å². The molecule has 0 aliphatic rings. The van der Waals surface area contributed by atoms with Crippen molar-refractivity contribution in [3.8, 4) is 5.75 Å². The van der Waals surface area contributed by atoms with Crippen LogP contribution in [0.2, 0.25) is 4.34 Å². The Morgan fingerprint density at radius 3 is 2.93 bits per heavy atom. The molecule has 14 heavy (non-hydrogen) atoms. The molecule has 0 spiro atoms. The van der Waals surface area contributed by atoms with Crippen molar-refractivity contribution in [1.29, 1.82) is 0 Å². The molecule has 0 amide bonds. The topological polar surface area (TPSA) is 9.23 Å². The molecule has 1 aromatic carbocycles. The summed E-state index contributed by atoms with van der Waals surface area (Å²) in [5.74, 6) is 0.821. The highest BCUT2D eigenvalue weighted by atomic mass is 35.5. The molecule has 1 nitrogen and oxygen atoms in total. The van der Waals surface area contributed by atoms with Crippen LogP contribution in [0.1, 0.15) is 6.92 Å². The summed E-state index contributed by atoms with van der Waals surface area (Å²) < 4.78 is 7.37. The average molecular weight is 245 g/mol. The van der Waals surface area contributed by atoms with Crippen LogP contribution in [0.4, 0.5) is 0 Å². The lowest BCUT2D eigenvalue weighted by Gasteiger charge is -2.05. The van der Waals surface area contributed by atoms with Crippen LogP contribution in [-0.4, -0.2) is 6.61 Å². The van der Waals surface area contributed by atoms with E-state index in [1.807, 2.05) is 25.1 Å². The van der Waals surface area contributed by atoms with Crippen molar-refractivity contribution in [3.05, 3.63) is 22.5 Å². The minimum atomic E-state index is 0.651. The maximum atomic E-state index is 5.92. The minimum Gasteiger partial charge on any atom is -0.493 e. The molecule has 0 fully saturated rings. The minimum absolute atomic E-state index is 0.651. The average Bonchev–Trinajstić information content (AvgIpc) is 2.45. The lowest BCUT2D eigenvalue weighted by molar-refractivity contribution is 0.333. The van der Waals surface area contributed by atoms with E-state index in [0.717, 1.165) is 25.1 Å². The van der Waals surface area contributed by atoms with Crippen LogP contribution in [0.25, 0.3) is 10.1 Å². The molecule has 74 valence electrons. The first-order valence-electron chi connectivity index (χ1n) is 4.25. The highest BCUT2D eigenvalue weighted by Gasteiger charge is 2.05. The Kier molecular flexibility index (Phi) is 2.91. The first-order valence-corrected chi connectivity index (χ1v) is 5.89. The van der Waals surface area contributed by atoms with E-state index in [2.05, 4.69) is 12.6 Å². The number of halogens is 1. The van der Waals surface area contributed by atoms with Crippen molar-refractivity contribution in [2.24, 2.45) is 0 Å². The van der Waals surface area contributed by atoms with Crippen molar-refractivity contribution >= 4 is 45.7 Å². The third kappa shape index (κ3) is 1.85. The van der Waals surface area contributed by atoms with Crippen LogP contribution in [-0.2, 0) is 0 Å². The molecule has 2 aromatic rings. The number of hydrogen-bond donors (Lipinski definition) is 1. The highest BCUT2D eigenvalue weighted by molar-refractivity contribution is 7.80. The molecular formula is C10H9ClOS2. The van der Waals surface area contributed by atoms with Gasteiger partial charge in [-0.1, -0.05) is 11.6 Å². The number of rotatable bonds is 2. The second-order valence-electron chi connectivity index (χ2n) is 2.84. The fraction of sp³-hybridized carbons (Fsp3) is 0.200. The van der Waals surface area contributed by atoms with Crippen LogP contribution in [0.15, 0.2) is 23.1 Å². The van der Waals surface area contributed by atoms with E-state index >= 15 is 0 Å². The normalized spacial score (nSPS) is 10.8. The van der Waals surface area contributed by atoms with Crippen molar-refractivity contribution < 1.29 is 4.74 Å². The number of ether oxygens (including phenoxy) is 1. The molecule has 2 rings (SSSR count). The Morgan fingerprint density at radius 1 is 1.43 bits per heavy atom. The molecule has 0 aliphatic carbocycles. The Bertz CT molecular complexity index is 464. The second-order valence-corrected chi connectivity index (χ2v) is 5.04. The van der Waals surface area contributed by atoms with E-state index in [4.69, 9.17) is 16.3 Å². The number of benzene rings is 1. The standard InChI is InChI=1S/C10H9ClOS2/c1-2-12-7-5-9-6(3-8(7)13)4-10(11)14-9/h3-5,13H,2H2,1H3. The molecule has 0 unspecified atom stereocenters. The van der Waals surface area contributed by atoms with Gasteiger partial charge in [0.05, 0.1) is 10.9 Å². The number of thiol groups is 1. The van der Waals surface area contributed by atoms with E-state index in [9.17, 15) is 0 Å². The molecule has 0 atom stereocenters. The second kappa shape index (κ2) is 4.01. The number of hydrogen-bond acceptors (Lipinski definition) is 3. The van der Waals surface area contributed by atoms with Gasteiger partial charge in [-0.25, -0.2) is 0 Å². The van der Waals surface area contributed by atoms with Crippen molar-refractivity contribution in [2.45, 2.75) is 11.8 Å². The van der Waals surface area contributed by atoms with Crippen LogP contribution in [0, 0.1) is 0 Å². The molecule has 0 N–H and O–H groups in total. The van der Waals surface area contributed by atoms with Crippen LogP contribution >= 0.6 is 35.6 Å². The summed E-state index contributed by atoms with van der Waals surface area (Å²) in [6.07, 6.45) is 0. The zero-order valence-electron chi connectivity index (χ0n) is 7.58. The summed E-state index contributed by atoms with van der Waals surface area (Å²) in [6, 6.07) is 5.90. The van der Waals surface area contributed by atoms with E-state index < -0.39 is 0 Å². The molecule has 0 bridgehead atoms. The van der Waals surface area contributed by atoms with Crippen molar-refractivity contribution in [2.75, 3.05) is 6.61 Å². The van der Waals surface area contributed by atoms with Crippen molar-refractivity contribution in [3.63, 3.8) is 0 Å². The van der Waals surface area contributed by atoms with Gasteiger partial charge in [-0.15, -0.1) is 24.0 Å². The van der Waals surface area contributed by atoms with Gasteiger partial charge < -0.3 is 4.74 Å². The first kappa shape index (κ1) is 10.1. The lowest BCUT2D eigenvalue weighted by Crippen LogP contribution is -1.91. The van der Waals surface area contributed by atoms with Gasteiger partial charge in [-0.2, -0.15) is 0 Å². The summed E-state index contributed by atoms with van der Waals surface area (Å²) in [5, 5.41) is 1.12. The number of thiophene rings is 1. The van der Waals surface area contributed by atoms with Crippen molar-refractivity contribution in [1.82, 2.24) is 0 Å². The Balaban J connectivity index is 2.58. The van der Waals surface area contributed by atoms with Gasteiger partial charge in [0.1, 0.15) is 5.75 Å². The summed E-state index contributed by atoms with van der Waals surface area (Å²) in [7, 11) is 0. The van der Waals surface area contributed by atoms with Crippen LogP contribution in [0.3, 0.4) is 0 Å². The Labute approximate surface area is 97.1 Å². The maximum absolute atomic E-state index is 5.92. The van der Waals surface area contributed by atoms with Gasteiger partial charge in [0.2, 0.25) is 0 Å². The van der Waals surface area contributed by atoms with Gasteiger partial charge in [-0.3, -0.25) is 0 Å². The zero-order chi connectivity index (χ0) is 10.1. The molecule has 4 heteroatoms. The SMILES string of the molecule is CCOc1cc2sc(Cl)cc2cc1S. The Hall–Kier alpha value is -0.380. The van der Waals surface area contributed by atoms with Gasteiger partial charge in [0.25, 0.3) is 0 Å². The Morgan fingerprint density at radius 2 is 2.21 bits per heavy atom. The quantitative estimate of drug-likeness (QED) is 0.778. The molecule has 1 aromatic heterocycles. The number of fused-ring (bicyclic) bond motifs is 1. The fourth-order valence-corrected chi connectivity index (χ4v) is 2.73. The summed E-state index contributed by atoms with van der Waals surface area (Å²) in [4.78, 5) is 0.855. The maximum Gasteiger partial charge on any atom is 0.134 e. The van der Waals surface area contributed by atoms with E-state index in [1.165, 1.54) is 0 Å². The smallest absolute Gasteiger partial charge is 0.134 e.